The van der Waals surface area contributed by atoms with Crippen molar-refractivity contribution >= 4 is 22.9 Å². The lowest BCUT2D eigenvalue weighted by Gasteiger charge is -2.25. The number of carbonyl (C=O) groups is 2. The van der Waals surface area contributed by atoms with Gasteiger partial charge in [0.05, 0.1) is 19.1 Å². The van der Waals surface area contributed by atoms with E-state index in [4.69, 9.17) is 14.2 Å². The summed E-state index contributed by atoms with van der Waals surface area (Å²) in [7, 11) is 1.28. The molecular formula is C25H29N3O6. The van der Waals surface area contributed by atoms with Crippen LogP contribution in [-0.4, -0.2) is 53.0 Å². The smallest absolute Gasteiger partial charge is 0.328 e. The molecule has 0 bridgehead atoms. The van der Waals surface area contributed by atoms with E-state index in [0.29, 0.717) is 29.1 Å². The van der Waals surface area contributed by atoms with Gasteiger partial charge < -0.3 is 29.6 Å². The van der Waals surface area contributed by atoms with E-state index in [0.717, 1.165) is 23.8 Å². The van der Waals surface area contributed by atoms with Crippen LogP contribution in [0, 0.1) is 0 Å². The lowest BCUT2D eigenvalue weighted by molar-refractivity contribution is -0.145. The number of unbranched alkanes of at least 4 members (excludes halogenated alkanes) is 1. The number of fused-ring (bicyclic) bond motifs is 2. The van der Waals surface area contributed by atoms with Crippen molar-refractivity contribution in [2.75, 3.05) is 13.9 Å². The Kier molecular flexibility index (Phi) is 7.32. The molecule has 180 valence electrons. The second kappa shape index (κ2) is 10.6. The number of hydrogen-bond acceptors (Lipinski definition) is 7. The van der Waals surface area contributed by atoms with Gasteiger partial charge in [-0.2, -0.15) is 0 Å². The second-order valence-electron chi connectivity index (χ2n) is 8.30. The molecule has 9 heteroatoms. The molecule has 0 aliphatic carbocycles. The van der Waals surface area contributed by atoms with Crippen LogP contribution in [0.4, 0.5) is 0 Å². The van der Waals surface area contributed by atoms with Gasteiger partial charge in [0.2, 0.25) is 12.7 Å². The lowest BCUT2D eigenvalue weighted by atomic mass is 9.89. The Morgan fingerprint density at radius 1 is 1.26 bits per heavy atom. The predicted molar refractivity (Wildman–Crippen MR) is 125 cm³/mol. The third-order valence-electron chi connectivity index (χ3n) is 6.04. The summed E-state index contributed by atoms with van der Waals surface area (Å²) in [5.74, 6) is -0.812. The minimum absolute atomic E-state index is 0.109. The number of ether oxygens (including phenoxy) is 3. The maximum atomic E-state index is 13.5. The molecule has 3 atom stereocenters. The van der Waals surface area contributed by atoms with Crippen LogP contribution in [0.25, 0.3) is 11.0 Å². The third kappa shape index (κ3) is 4.99. The van der Waals surface area contributed by atoms with Gasteiger partial charge in [0.25, 0.3) is 0 Å². The number of methoxy groups -OCH3 is 1. The SMILES string of the molecule is CCCCC(O)C(C(=O)N[C@@H](Cc1c[nH]c2ncccc12)C(=O)OC)c1ccc2c(c1)OCO2. The molecule has 2 aromatic heterocycles. The highest BCUT2D eigenvalue weighted by Crippen LogP contribution is 2.36. The zero-order valence-electron chi connectivity index (χ0n) is 19.2. The number of amides is 1. The summed E-state index contributed by atoms with van der Waals surface area (Å²) in [6.45, 7) is 2.13. The molecule has 1 aliphatic heterocycles. The first-order valence-electron chi connectivity index (χ1n) is 11.4. The average molecular weight is 468 g/mol. The molecule has 0 spiro atoms. The fraction of sp³-hybridized carbons (Fsp3) is 0.400. The molecule has 3 heterocycles. The van der Waals surface area contributed by atoms with E-state index in [-0.39, 0.29) is 13.2 Å². The van der Waals surface area contributed by atoms with E-state index < -0.39 is 29.9 Å². The van der Waals surface area contributed by atoms with E-state index in [2.05, 4.69) is 15.3 Å². The van der Waals surface area contributed by atoms with Crippen molar-refractivity contribution in [2.24, 2.45) is 0 Å². The molecule has 0 fully saturated rings. The van der Waals surface area contributed by atoms with Crippen molar-refractivity contribution in [3.63, 3.8) is 0 Å². The van der Waals surface area contributed by atoms with Gasteiger partial charge in [-0.3, -0.25) is 4.79 Å². The van der Waals surface area contributed by atoms with Crippen LogP contribution in [-0.2, 0) is 20.7 Å². The van der Waals surface area contributed by atoms with Crippen molar-refractivity contribution in [2.45, 2.75) is 50.7 Å². The zero-order valence-corrected chi connectivity index (χ0v) is 19.2. The molecule has 1 amide bonds. The van der Waals surface area contributed by atoms with E-state index in [1.807, 2.05) is 19.1 Å². The summed E-state index contributed by atoms with van der Waals surface area (Å²) in [5.41, 5.74) is 2.11. The normalized spacial score (nSPS) is 15.0. The fourth-order valence-corrected chi connectivity index (χ4v) is 4.23. The summed E-state index contributed by atoms with van der Waals surface area (Å²) in [4.78, 5) is 33.4. The number of H-pyrrole nitrogens is 1. The van der Waals surface area contributed by atoms with Gasteiger partial charge in [0.15, 0.2) is 11.5 Å². The van der Waals surface area contributed by atoms with Crippen molar-refractivity contribution in [1.82, 2.24) is 15.3 Å². The Labute approximate surface area is 197 Å². The van der Waals surface area contributed by atoms with Crippen LogP contribution in [0.2, 0.25) is 0 Å². The highest BCUT2D eigenvalue weighted by Gasteiger charge is 2.33. The lowest BCUT2D eigenvalue weighted by Crippen LogP contribution is -2.47. The summed E-state index contributed by atoms with van der Waals surface area (Å²) < 4.78 is 15.8. The maximum absolute atomic E-state index is 13.5. The van der Waals surface area contributed by atoms with Crippen molar-refractivity contribution in [3.8, 4) is 11.5 Å². The first-order chi connectivity index (χ1) is 16.5. The van der Waals surface area contributed by atoms with Crippen molar-refractivity contribution in [1.29, 1.82) is 0 Å². The van der Waals surface area contributed by atoms with Crippen LogP contribution in [0.15, 0.2) is 42.7 Å². The van der Waals surface area contributed by atoms with E-state index >= 15 is 0 Å². The molecule has 3 N–H and O–H groups in total. The van der Waals surface area contributed by atoms with Gasteiger partial charge in [0, 0.05) is 24.2 Å². The average Bonchev–Trinajstić information content (AvgIpc) is 3.48. The Balaban J connectivity index is 1.60. The van der Waals surface area contributed by atoms with E-state index in [9.17, 15) is 14.7 Å². The first-order valence-corrected chi connectivity index (χ1v) is 11.4. The van der Waals surface area contributed by atoms with Gasteiger partial charge >= 0.3 is 5.97 Å². The Hall–Kier alpha value is -3.59. The molecule has 1 aromatic carbocycles. The largest absolute Gasteiger partial charge is 0.467 e. The maximum Gasteiger partial charge on any atom is 0.328 e. The topological polar surface area (TPSA) is 123 Å². The van der Waals surface area contributed by atoms with Crippen LogP contribution < -0.4 is 14.8 Å². The third-order valence-corrected chi connectivity index (χ3v) is 6.04. The molecule has 3 aromatic rings. The van der Waals surface area contributed by atoms with Gasteiger partial charge in [-0.1, -0.05) is 25.8 Å². The highest BCUT2D eigenvalue weighted by atomic mass is 16.7. The quantitative estimate of drug-likeness (QED) is 0.392. The summed E-state index contributed by atoms with van der Waals surface area (Å²) >= 11 is 0. The van der Waals surface area contributed by atoms with E-state index in [1.54, 1.807) is 30.6 Å². The number of aliphatic hydroxyl groups is 1. The van der Waals surface area contributed by atoms with Gasteiger partial charge in [-0.15, -0.1) is 0 Å². The summed E-state index contributed by atoms with van der Waals surface area (Å²) in [6, 6.07) is 7.94. The number of aromatic amines is 1. The Bertz CT molecular complexity index is 1160. The predicted octanol–water partition coefficient (Wildman–Crippen LogP) is 2.83. The molecule has 1 aliphatic rings. The highest BCUT2D eigenvalue weighted by molar-refractivity contribution is 5.90. The number of rotatable bonds is 10. The van der Waals surface area contributed by atoms with Crippen molar-refractivity contribution in [3.05, 3.63) is 53.9 Å². The Morgan fingerprint density at radius 3 is 2.88 bits per heavy atom. The zero-order chi connectivity index (χ0) is 24.1. The van der Waals surface area contributed by atoms with Crippen LogP contribution in [0.1, 0.15) is 43.2 Å². The molecule has 0 saturated heterocycles. The van der Waals surface area contributed by atoms with Gasteiger partial charge in [-0.05, 0) is 41.8 Å². The van der Waals surface area contributed by atoms with E-state index in [1.165, 1.54) is 7.11 Å². The number of pyridine rings is 1. The minimum atomic E-state index is -0.938. The van der Waals surface area contributed by atoms with Gasteiger partial charge in [0.1, 0.15) is 11.7 Å². The molecular weight excluding hydrogens is 438 g/mol. The van der Waals surface area contributed by atoms with Crippen molar-refractivity contribution < 1.29 is 28.9 Å². The number of aliphatic hydroxyl groups excluding tert-OH is 1. The molecule has 0 radical (unpaired) electrons. The minimum Gasteiger partial charge on any atom is -0.467 e. The van der Waals surface area contributed by atoms with Gasteiger partial charge in [-0.25, -0.2) is 9.78 Å². The molecule has 0 saturated carbocycles. The summed E-state index contributed by atoms with van der Waals surface area (Å²) in [5, 5.41) is 14.6. The molecule has 4 rings (SSSR count). The molecule has 2 unspecified atom stereocenters. The van der Waals surface area contributed by atoms with Crippen LogP contribution in [0.5, 0.6) is 11.5 Å². The summed E-state index contributed by atoms with van der Waals surface area (Å²) in [6.07, 6.45) is 4.81. The second-order valence-corrected chi connectivity index (χ2v) is 8.30. The number of hydrogen-bond donors (Lipinski definition) is 3. The number of nitrogens with one attached hydrogen (secondary N) is 2. The first kappa shape index (κ1) is 23.6. The Morgan fingerprint density at radius 2 is 2.09 bits per heavy atom. The number of esters is 1. The molecule has 34 heavy (non-hydrogen) atoms. The molecule has 9 nitrogen and oxygen atoms in total. The number of carbonyl (C=O) groups excluding carboxylic acids is 2. The van der Waals surface area contributed by atoms with Crippen LogP contribution >= 0.6 is 0 Å². The fourth-order valence-electron chi connectivity index (χ4n) is 4.23. The number of benzene rings is 1. The number of nitrogens with zero attached hydrogens (tertiary/aromatic N) is 1. The monoisotopic (exact) mass is 467 g/mol. The van der Waals surface area contributed by atoms with Crippen LogP contribution in [0.3, 0.4) is 0 Å². The number of aromatic nitrogens is 2. The standard InChI is InChI=1S/C25H29N3O6/c1-3-4-7-19(29)22(15-8-9-20-21(12-15)34-14-33-20)24(30)28-18(25(31)32-2)11-16-13-27-23-17(16)6-5-10-26-23/h5-6,8-10,12-13,18-19,22,29H,3-4,7,11,14H2,1-2H3,(H,26,27)(H,28,30)/t18-,19?,22?/m0/s1.